The summed E-state index contributed by atoms with van der Waals surface area (Å²) >= 11 is 0. The number of H-pyrrole nitrogens is 1. The molecule has 0 bridgehead atoms. The summed E-state index contributed by atoms with van der Waals surface area (Å²) in [5.41, 5.74) is 2.23. The zero-order valence-electron chi connectivity index (χ0n) is 14.4. The number of pyridine rings is 1. The number of amides is 1. The maximum absolute atomic E-state index is 12.3. The second-order valence-electron chi connectivity index (χ2n) is 7.30. The molecule has 6 heteroatoms. The second-order valence-corrected chi connectivity index (χ2v) is 7.30. The summed E-state index contributed by atoms with van der Waals surface area (Å²) in [6.45, 7) is 4.38. The number of rotatable bonds is 6. The zero-order chi connectivity index (χ0) is 17.1. The van der Waals surface area contributed by atoms with Gasteiger partial charge in [0, 0.05) is 31.0 Å². The van der Waals surface area contributed by atoms with Gasteiger partial charge in [0.1, 0.15) is 5.69 Å². The maximum Gasteiger partial charge on any atom is 0.269 e. The Morgan fingerprint density at radius 2 is 1.92 bits per heavy atom. The van der Waals surface area contributed by atoms with Gasteiger partial charge in [0.25, 0.3) is 5.91 Å². The number of carbonyl (C=O) groups is 1. The number of aromatic amines is 1. The van der Waals surface area contributed by atoms with Crippen LogP contribution in [-0.2, 0) is 0 Å². The lowest BCUT2D eigenvalue weighted by Gasteiger charge is -2.32. The van der Waals surface area contributed by atoms with Gasteiger partial charge in [-0.2, -0.15) is 5.10 Å². The number of carbonyl (C=O) groups excluding carboxylic acids is 1. The fourth-order valence-corrected chi connectivity index (χ4v) is 3.48. The Bertz CT molecular complexity index is 702. The van der Waals surface area contributed by atoms with Crippen molar-refractivity contribution in [3.05, 3.63) is 36.3 Å². The summed E-state index contributed by atoms with van der Waals surface area (Å²) in [5, 5.41) is 10.1. The number of likely N-dealkylation sites (tertiary alicyclic amines) is 1. The van der Waals surface area contributed by atoms with Gasteiger partial charge in [0.05, 0.1) is 5.69 Å². The monoisotopic (exact) mass is 339 g/mol. The van der Waals surface area contributed by atoms with Crippen molar-refractivity contribution in [2.24, 2.45) is 11.8 Å². The molecule has 0 spiro atoms. The van der Waals surface area contributed by atoms with Crippen LogP contribution in [0.2, 0.25) is 0 Å². The Morgan fingerprint density at radius 1 is 1.16 bits per heavy atom. The van der Waals surface area contributed by atoms with Crippen LogP contribution in [0.15, 0.2) is 30.6 Å². The van der Waals surface area contributed by atoms with E-state index in [2.05, 4.69) is 25.4 Å². The van der Waals surface area contributed by atoms with Crippen molar-refractivity contribution in [2.75, 3.05) is 26.2 Å². The molecule has 1 saturated carbocycles. The van der Waals surface area contributed by atoms with Crippen LogP contribution in [0.1, 0.15) is 36.2 Å². The highest BCUT2D eigenvalue weighted by molar-refractivity contribution is 5.93. The summed E-state index contributed by atoms with van der Waals surface area (Å²) in [7, 11) is 0. The summed E-state index contributed by atoms with van der Waals surface area (Å²) in [4.78, 5) is 18.9. The molecule has 1 amide bonds. The van der Waals surface area contributed by atoms with Crippen LogP contribution in [0.5, 0.6) is 0 Å². The molecular weight excluding hydrogens is 314 g/mol. The maximum atomic E-state index is 12.3. The first-order chi connectivity index (χ1) is 12.3. The molecule has 6 nitrogen and oxygen atoms in total. The van der Waals surface area contributed by atoms with E-state index in [1.807, 2.05) is 12.1 Å². The fraction of sp³-hybridized carbons (Fsp3) is 0.526. The second kappa shape index (κ2) is 7.35. The molecule has 2 N–H and O–H groups in total. The molecule has 1 aliphatic heterocycles. The van der Waals surface area contributed by atoms with E-state index in [1.54, 1.807) is 18.5 Å². The SMILES string of the molecule is O=C(NCC1CCN(CC2CC2)CC1)c1cc(-c2ccncc2)n[nH]1. The van der Waals surface area contributed by atoms with E-state index in [-0.39, 0.29) is 5.91 Å². The molecule has 1 saturated heterocycles. The van der Waals surface area contributed by atoms with E-state index in [0.717, 1.165) is 23.7 Å². The summed E-state index contributed by atoms with van der Waals surface area (Å²) in [5.74, 6) is 1.47. The van der Waals surface area contributed by atoms with Gasteiger partial charge in [-0.25, -0.2) is 0 Å². The normalized spacial score (nSPS) is 19.0. The molecule has 0 aromatic carbocycles. The van der Waals surface area contributed by atoms with Gasteiger partial charge in [-0.05, 0) is 68.8 Å². The van der Waals surface area contributed by atoms with Gasteiger partial charge in [-0.15, -0.1) is 0 Å². The number of hydrogen-bond donors (Lipinski definition) is 2. The minimum atomic E-state index is -0.0757. The lowest BCUT2D eigenvalue weighted by molar-refractivity contribution is 0.0930. The minimum Gasteiger partial charge on any atom is -0.350 e. The molecule has 2 aliphatic rings. The van der Waals surface area contributed by atoms with Crippen molar-refractivity contribution in [1.82, 2.24) is 25.4 Å². The first-order valence-electron chi connectivity index (χ1n) is 9.24. The van der Waals surface area contributed by atoms with E-state index in [4.69, 9.17) is 0 Å². The third kappa shape index (κ3) is 4.25. The van der Waals surface area contributed by atoms with Crippen LogP contribution < -0.4 is 5.32 Å². The van der Waals surface area contributed by atoms with E-state index < -0.39 is 0 Å². The summed E-state index contributed by atoms with van der Waals surface area (Å²) < 4.78 is 0. The molecule has 2 aromatic heterocycles. The third-order valence-corrected chi connectivity index (χ3v) is 5.27. The number of hydrogen-bond acceptors (Lipinski definition) is 4. The first-order valence-corrected chi connectivity index (χ1v) is 9.24. The first kappa shape index (κ1) is 16.3. The molecule has 25 heavy (non-hydrogen) atoms. The van der Waals surface area contributed by atoms with Crippen LogP contribution >= 0.6 is 0 Å². The molecule has 0 radical (unpaired) electrons. The van der Waals surface area contributed by atoms with Crippen molar-refractivity contribution >= 4 is 5.91 Å². The highest BCUT2D eigenvalue weighted by atomic mass is 16.1. The van der Waals surface area contributed by atoms with Crippen LogP contribution in [0.4, 0.5) is 0 Å². The van der Waals surface area contributed by atoms with Gasteiger partial charge >= 0.3 is 0 Å². The Morgan fingerprint density at radius 3 is 2.64 bits per heavy atom. The molecule has 2 fully saturated rings. The Balaban J connectivity index is 1.25. The summed E-state index contributed by atoms with van der Waals surface area (Å²) in [6.07, 6.45) is 8.64. The quantitative estimate of drug-likeness (QED) is 0.847. The van der Waals surface area contributed by atoms with Gasteiger partial charge in [-0.1, -0.05) is 0 Å². The fourth-order valence-electron chi connectivity index (χ4n) is 3.48. The number of aromatic nitrogens is 3. The Labute approximate surface area is 148 Å². The molecular formula is C19H25N5O. The van der Waals surface area contributed by atoms with Crippen LogP contribution in [-0.4, -0.2) is 52.2 Å². The largest absolute Gasteiger partial charge is 0.350 e. The number of piperidine rings is 1. The van der Waals surface area contributed by atoms with Gasteiger partial charge in [0.2, 0.25) is 0 Å². The highest BCUT2D eigenvalue weighted by Gasteiger charge is 2.27. The standard InChI is InChI=1S/C19H25N5O/c25-19(18-11-17(22-23-18)16-3-7-20-8-4-16)21-12-14-5-9-24(10-6-14)13-15-1-2-15/h3-4,7-8,11,14-15H,1-2,5-6,9-10,12-13H2,(H,21,25)(H,22,23). The van der Waals surface area contributed by atoms with E-state index in [1.165, 1.54) is 45.3 Å². The van der Waals surface area contributed by atoms with Crippen molar-refractivity contribution in [2.45, 2.75) is 25.7 Å². The van der Waals surface area contributed by atoms with E-state index in [0.29, 0.717) is 11.6 Å². The van der Waals surface area contributed by atoms with Crippen molar-refractivity contribution in [3.63, 3.8) is 0 Å². The van der Waals surface area contributed by atoms with Crippen molar-refractivity contribution < 1.29 is 4.79 Å². The molecule has 1 aliphatic carbocycles. The smallest absolute Gasteiger partial charge is 0.269 e. The minimum absolute atomic E-state index is 0.0757. The highest BCUT2D eigenvalue weighted by Crippen LogP contribution is 2.31. The predicted molar refractivity (Wildman–Crippen MR) is 96.0 cm³/mol. The zero-order valence-corrected chi connectivity index (χ0v) is 14.4. The Kier molecular flexibility index (Phi) is 4.78. The van der Waals surface area contributed by atoms with Crippen molar-refractivity contribution in [1.29, 1.82) is 0 Å². The van der Waals surface area contributed by atoms with E-state index in [9.17, 15) is 4.79 Å². The van der Waals surface area contributed by atoms with Crippen LogP contribution in [0.3, 0.4) is 0 Å². The lowest BCUT2D eigenvalue weighted by atomic mass is 9.96. The number of nitrogens with zero attached hydrogens (tertiary/aromatic N) is 3. The molecule has 0 unspecified atom stereocenters. The topological polar surface area (TPSA) is 73.9 Å². The third-order valence-electron chi connectivity index (χ3n) is 5.27. The van der Waals surface area contributed by atoms with Crippen LogP contribution in [0.25, 0.3) is 11.3 Å². The molecule has 2 aromatic rings. The molecule has 4 rings (SSSR count). The predicted octanol–water partition coefficient (Wildman–Crippen LogP) is 2.32. The van der Waals surface area contributed by atoms with Crippen molar-refractivity contribution in [3.8, 4) is 11.3 Å². The molecule has 3 heterocycles. The Hall–Kier alpha value is -2.21. The van der Waals surface area contributed by atoms with Crippen LogP contribution in [0, 0.1) is 11.8 Å². The van der Waals surface area contributed by atoms with E-state index >= 15 is 0 Å². The van der Waals surface area contributed by atoms with Gasteiger partial charge < -0.3 is 10.2 Å². The average Bonchev–Trinajstić information content (AvgIpc) is 3.33. The summed E-state index contributed by atoms with van der Waals surface area (Å²) in [6, 6.07) is 5.56. The van der Waals surface area contributed by atoms with Gasteiger partial charge in [-0.3, -0.25) is 14.9 Å². The molecule has 132 valence electrons. The number of nitrogens with one attached hydrogen (secondary N) is 2. The molecule has 0 atom stereocenters. The lowest BCUT2D eigenvalue weighted by Crippen LogP contribution is -2.39. The average molecular weight is 339 g/mol. The van der Waals surface area contributed by atoms with Gasteiger partial charge in [0.15, 0.2) is 0 Å².